The minimum Gasteiger partial charge on any atom is -0.437 e. The van der Waals surface area contributed by atoms with Gasteiger partial charge >= 0.3 is 0 Å². The summed E-state index contributed by atoms with van der Waals surface area (Å²) < 4.78 is 90.6. The number of piperidine rings is 1. The van der Waals surface area contributed by atoms with Crippen LogP contribution >= 0.6 is 0 Å². The van der Waals surface area contributed by atoms with E-state index in [1.165, 1.54) is 37.8 Å². The first-order valence-electron chi connectivity index (χ1n) is 13.8. The number of anilines is 2. The van der Waals surface area contributed by atoms with Crippen molar-refractivity contribution in [1.29, 1.82) is 0 Å². The molecule has 4 aromatic rings. The molecule has 3 heterocycles. The van der Waals surface area contributed by atoms with E-state index < -0.39 is 45.3 Å². The zero-order valence-electron chi connectivity index (χ0n) is 24.2. The maximum Gasteiger partial charge on any atom is 0.263 e. The van der Waals surface area contributed by atoms with Gasteiger partial charge in [0.15, 0.2) is 0 Å². The van der Waals surface area contributed by atoms with Crippen LogP contribution in [0.1, 0.15) is 32.3 Å². The van der Waals surface area contributed by atoms with Gasteiger partial charge in [-0.1, -0.05) is 19.1 Å². The van der Waals surface area contributed by atoms with Crippen LogP contribution in [0.15, 0.2) is 49.1 Å². The molecule has 44 heavy (non-hydrogen) atoms. The van der Waals surface area contributed by atoms with Gasteiger partial charge in [-0.3, -0.25) is 4.72 Å². The third kappa shape index (κ3) is 7.16. The molecule has 0 amide bonds. The summed E-state index contributed by atoms with van der Waals surface area (Å²) in [5, 5.41) is 6.61. The molecule has 0 unspecified atom stereocenters. The number of fused-ring (bicyclic) bond motifs is 1. The van der Waals surface area contributed by atoms with Crippen molar-refractivity contribution in [3.8, 4) is 22.9 Å². The van der Waals surface area contributed by atoms with E-state index in [9.17, 15) is 26.0 Å². The Balaban J connectivity index is 1.48. The number of sulfonamides is 1. The van der Waals surface area contributed by atoms with E-state index in [1.54, 1.807) is 19.1 Å². The SMILES string of the molecule is CCC(F)(F)CS(=O)(=O)Nc1c(F)ccc2c(Oc3ncncc3-c3ccnc(N[C@@H]4CNC[C@@](C)(F)C4)n3)c(C)ccc12. The molecule has 10 nitrogen and oxygen atoms in total. The predicted molar refractivity (Wildman–Crippen MR) is 159 cm³/mol. The van der Waals surface area contributed by atoms with Crippen LogP contribution in [0, 0.1) is 12.7 Å². The van der Waals surface area contributed by atoms with Gasteiger partial charge in [0.1, 0.15) is 29.3 Å². The van der Waals surface area contributed by atoms with E-state index in [0.29, 0.717) is 28.8 Å². The van der Waals surface area contributed by atoms with Crippen molar-refractivity contribution >= 4 is 32.4 Å². The topological polar surface area (TPSA) is 131 Å². The van der Waals surface area contributed by atoms with E-state index in [-0.39, 0.29) is 42.0 Å². The molecule has 1 fully saturated rings. The Kier molecular flexibility index (Phi) is 8.62. The van der Waals surface area contributed by atoms with Crippen LogP contribution in [-0.4, -0.2) is 64.8 Å². The van der Waals surface area contributed by atoms with Gasteiger partial charge in [-0.05, 0) is 37.6 Å². The molecule has 1 aliphatic rings. The number of hydrogen-bond acceptors (Lipinski definition) is 9. The highest BCUT2D eigenvalue weighted by Gasteiger charge is 2.34. The highest BCUT2D eigenvalue weighted by atomic mass is 32.2. The molecule has 5 rings (SSSR count). The van der Waals surface area contributed by atoms with Crippen LogP contribution in [-0.2, 0) is 10.0 Å². The highest BCUT2D eigenvalue weighted by molar-refractivity contribution is 7.92. The summed E-state index contributed by atoms with van der Waals surface area (Å²) in [6.45, 7) is 5.22. The number of benzene rings is 2. The Morgan fingerprint density at radius 3 is 2.68 bits per heavy atom. The summed E-state index contributed by atoms with van der Waals surface area (Å²) in [5.41, 5.74) is -0.462. The van der Waals surface area contributed by atoms with Crippen molar-refractivity contribution in [3.63, 3.8) is 0 Å². The van der Waals surface area contributed by atoms with Crippen LogP contribution < -0.4 is 20.1 Å². The normalized spacial score (nSPS) is 19.1. The van der Waals surface area contributed by atoms with Crippen molar-refractivity contribution in [2.45, 2.75) is 51.2 Å². The summed E-state index contributed by atoms with van der Waals surface area (Å²) in [4.78, 5) is 17.2. The summed E-state index contributed by atoms with van der Waals surface area (Å²) in [5.74, 6) is -5.34. The Morgan fingerprint density at radius 2 is 1.93 bits per heavy atom. The van der Waals surface area contributed by atoms with Gasteiger partial charge in [0.25, 0.3) is 5.92 Å². The lowest BCUT2D eigenvalue weighted by Gasteiger charge is -2.33. The summed E-state index contributed by atoms with van der Waals surface area (Å²) in [6.07, 6.45) is 3.86. The largest absolute Gasteiger partial charge is 0.437 e. The number of rotatable bonds is 10. The quantitative estimate of drug-likeness (QED) is 0.191. The van der Waals surface area contributed by atoms with Crippen LogP contribution in [0.2, 0.25) is 0 Å². The smallest absolute Gasteiger partial charge is 0.263 e. The number of nitrogens with one attached hydrogen (secondary N) is 3. The Labute approximate surface area is 251 Å². The van der Waals surface area contributed by atoms with E-state index in [1.807, 2.05) is 4.72 Å². The Hall–Kier alpha value is -4.11. The molecule has 2 aromatic carbocycles. The standard InChI is InChI=1S/C29H31F4N7O3S/c1-4-29(32,33)15-44(41,42)40-24-19-6-5-17(2)25(20(19)7-8-22(24)30)43-26-21(13-35-16-37-26)23-9-10-36-27(39-23)38-18-11-28(3,31)14-34-12-18/h5-10,13,16,18,34,40H,4,11-12,14-15H2,1-3H3,(H,36,38,39)/t18-,28-/m0/s1. The molecule has 3 N–H and O–H groups in total. The van der Waals surface area contributed by atoms with Gasteiger partial charge in [0.2, 0.25) is 21.9 Å². The average molecular weight is 634 g/mol. The van der Waals surface area contributed by atoms with E-state index in [4.69, 9.17) is 4.74 Å². The molecule has 0 radical (unpaired) electrons. The Bertz CT molecular complexity index is 1790. The van der Waals surface area contributed by atoms with Crippen LogP contribution in [0.4, 0.5) is 29.2 Å². The first-order valence-corrected chi connectivity index (χ1v) is 15.5. The maximum absolute atomic E-state index is 14.9. The molecule has 0 spiro atoms. The minimum atomic E-state index is -4.61. The van der Waals surface area contributed by atoms with Gasteiger partial charge < -0.3 is 15.4 Å². The number of ether oxygens (including phenoxy) is 1. The lowest BCUT2D eigenvalue weighted by atomic mass is 9.95. The van der Waals surface area contributed by atoms with Crippen molar-refractivity contribution in [3.05, 3.63) is 60.4 Å². The molecule has 2 aromatic heterocycles. The predicted octanol–water partition coefficient (Wildman–Crippen LogP) is 5.62. The van der Waals surface area contributed by atoms with Crippen LogP contribution in [0.5, 0.6) is 11.6 Å². The van der Waals surface area contributed by atoms with Crippen LogP contribution in [0.25, 0.3) is 22.0 Å². The molecule has 0 bridgehead atoms. The lowest BCUT2D eigenvalue weighted by molar-refractivity contribution is 0.0219. The maximum atomic E-state index is 14.9. The zero-order chi connectivity index (χ0) is 31.7. The van der Waals surface area contributed by atoms with E-state index in [0.717, 1.165) is 13.0 Å². The van der Waals surface area contributed by atoms with Gasteiger partial charge in [-0.15, -0.1) is 0 Å². The summed E-state index contributed by atoms with van der Waals surface area (Å²) >= 11 is 0. The third-order valence-electron chi connectivity index (χ3n) is 7.17. The Morgan fingerprint density at radius 1 is 1.16 bits per heavy atom. The number of hydrogen-bond donors (Lipinski definition) is 3. The number of aryl methyl sites for hydroxylation is 1. The highest BCUT2D eigenvalue weighted by Crippen LogP contribution is 2.40. The van der Waals surface area contributed by atoms with Crippen molar-refractivity contribution in [2.24, 2.45) is 0 Å². The fraction of sp³-hybridized carbons (Fsp3) is 0.379. The molecule has 2 atom stereocenters. The van der Waals surface area contributed by atoms with Gasteiger partial charge in [0, 0.05) is 55.1 Å². The molecule has 15 heteroatoms. The molecule has 0 saturated carbocycles. The third-order valence-corrected chi connectivity index (χ3v) is 8.49. The van der Waals surface area contributed by atoms with Crippen molar-refractivity contribution in [2.75, 3.05) is 28.9 Å². The second kappa shape index (κ2) is 12.1. The molecule has 1 aliphatic heterocycles. The van der Waals surface area contributed by atoms with E-state index in [2.05, 4.69) is 30.6 Å². The first-order chi connectivity index (χ1) is 20.8. The summed E-state index contributed by atoms with van der Waals surface area (Å²) in [6, 6.07) is 6.86. The number of halogens is 4. The van der Waals surface area contributed by atoms with Crippen molar-refractivity contribution < 1.29 is 30.7 Å². The van der Waals surface area contributed by atoms with Gasteiger partial charge in [-0.2, -0.15) is 0 Å². The zero-order valence-corrected chi connectivity index (χ0v) is 25.0. The number of alkyl halides is 3. The van der Waals surface area contributed by atoms with Crippen molar-refractivity contribution in [1.82, 2.24) is 25.3 Å². The molecular formula is C29H31F4N7O3S. The fourth-order valence-electron chi connectivity index (χ4n) is 4.97. The minimum absolute atomic E-state index is 0.0879. The molecule has 1 saturated heterocycles. The monoisotopic (exact) mass is 633 g/mol. The fourth-order valence-corrected chi connectivity index (χ4v) is 6.32. The average Bonchev–Trinajstić information content (AvgIpc) is 2.95. The van der Waals surface area contributed by atoms with Crippen LogP contribution in [0.3, 0.4) is 0 Å². The molecule has 234 valence electrons. The van der Waals surface area contributed by atoms with Gasteiger partial charge in [0.05, 0.1) is 16.9 Å². The summed E-state index contributed by atoms with van der Waals surface area (Å²) in [7, 11) is -4.61. The number of aromatic nitrogens is 4. The molecular weight excluding hydrogens is 602 g/mol. The van der Waals surface area contributed by atoms with E-state index >= 15 is 0 Å². The first kappa shape index (κ1) is 31.3. The molecule has 0 aliphatic carbocycles. The lowest BCUT2D eigenvalue weighted by Crippen LogP contribution is -2.50. The van der Waals surface area contributed by atoms with Gasteiger partial charge in [-0.25, -0.2) is 45.9 Å². The number of nitrogens with zero attached hydrogens (tertiary/aromatic N) is 4. The second-order valence-electron chi connectivity index (χ2n) is 11.0. The second-order valence-corrected chi connectivity index (χ2v) is 12.7.